The molecule has 0 bridgehead atoms. The SMILES string of the molecule is Nc1ccc(S(=O)Cc2cc(Cl)ccc2F)c(Br)c1. The van der Waals surface area contributed by atoms with Crippen LogP contribution in [0.5, 0.6) is 0 Å². The first-order valence-electron chi connectivity index (χ1n) is 5.34. The second-order valence-corrected chi connectivity index (χ2v) is 6.63. The van der Waals surface area contributed by atoms with Gasteiger partial charge in [0.05, 0.1) is 21.4 Å². The standard InChI is InChI=1S/C13H10BrClFNOS/c14-11-6-10(17)2-4-13(11)19(18)7-8-5-9(15)1-3-12(8)16/h1-6H,7,17H2. The smallest absolute Gasteiger partial charge is 0.127 e. The summed E-state index contributed by atoms with van der Waals surface area (Å²) in [6, 6.07) is 9.21. The van der Waals surface area contributed by atoms with Gasteiger partial charge >= 0.3 is 0 Å². The quantitative estimate of drug-likeness (QED) is 0.834. The molecule has 0 aliphatic heterocycles. The zero-order chi connectivity index (χ0) is 14.0. The molecule has 0 radical (unpaired) electrons. The van der Waals surface area contributed by atoms with Crippen molar-refractivity contribution >= 4 is 44.0 Å². The van der Waals surface area contributed by atoms with Crippen LogP contribution in [-0.4, -0.2) is 4.21 Å². The van der Waals surface area contributed by atoms with E-state index in [1.807, 2.05) is 0 Å². The van der Waals surface area contributed by atoms with Crippen LogP contribution in [0.15, 0.2) is 45.8 Å². The lowest BCUT2D eigenvalue weighted by Gasteiger charge is -2.07. The summed E-state index contributed by atoms with van der Waals surface area (Å²) in [5.74, 6) is -0.348. The van der Waals surface area contributed by atoms with E-state index in [0.717, 1.165) is 0 Å². The van der Waals surface area contributed by atoms with Crippen molar-refractivity contribution in [3.8, 4) is 0 Å². The van der Waals surface area contributed by atoms with E-state index < -0.39 is 16.6 Å². The van der Waals surface area contributed by atoms with E-state index in [9.17, 15) is 8.60 Å². The van der Waals surface area contributed by atoms with Gasteiger partial charge in [-0.1, -0.05) is 11.6 Å². The Kier molecular flexibility index (Phi) is 4.60. The maximum absolute atomic E-state index is 13.6. The van der Waals surface area contributed by atoms with E-state index in [1.165, 1.54) is 18.2 Å². The molecule has 100 valence electrons. The maximum atomic E-state index is 13.6. The molecule has 0 fully saturated rings. The molecule has 2 nitrogen and oxygen atoms in total. The Bertz CT molecular complexity index is 651. The zero-order valence-electron chi connectivity index (χ0n) is 9.70. The van der Waals surface area contributed by atoms with Gasteiger partial charge in [0.2, 0.25) is 0 Å². The van der Waals surface area contributed by atoms with Gasteiger partial charge in [-0.3, -0.25) is 4.21 Å². The Labute approximate surface area is 126 Å². The number of rotatable bonds is 3. The summed E-state index contributed by atoms with van der Waals surface area (Å²) in [5.41, 5.74) is 6.52. The summed E-state index contributed by atoms with van der Waals surface area (Å²) in [6.07, 6.45) is 0. The van der Waals surface area contributed by atoms with Crippen LogP contribution < -0.4 is 5.73 Å². The number of benzene rings is 2. The molecule has 2 aromatic carbocycles. The summed E-state index contributed by atoms with van der Waals surface area (Å²) in [4.78, 5) is 0.577. The minimum absolute atomic E-state index is 0.0644. The Morgan fingerprint density at radius 3 is 2.68 bits per heavy atom. The van der Waals surface area contributed by atoms with Crippen molar-refractivity contribution in [1.29, 1.82) is 0 Å². The van der Waals surface area contributed by atoms with Gasteiger partial charge in [0.15, 0.2) is 0 Å². The molecule has 2 aromatic rings. The number of nitrogens with two attached hydrogens (primary N) is 1. The summed E-state index contributed by atoms with van der Waals surface area (Å²) < 4.78 is 26.5. The summed E-state index contributed by atoms with van der Waals surface area (Å²) >= 11 is 9.11. The molecule has 0 saturated carbocycles. The molecule has 0 aliphatic rings. The van der Waals surface area contributed by atoms with Crippen molar-refractivity contribution in [2.45, 2.75) is 10.6 Å². The average molecular weight is 363 g/mol. The van der Waals surface area contributed by atoms with E-state index in [0.29, 0.717) is 25.6 Å². The van der Waals surface area contributed by atoms with E-state index in [1.54, 1.807) is 18.2 Å². The molecule has 6 heteroatoms. The number of halogens is 3. The number of nitrogen functional groups attached to an aromatic ring is 1. The molecule has 0 aromatic heterocycles. The molecule has 19 heavy (non-hydrogen) atoms. The first-order valence-corrected chi connectivity index (χ1v) is 7.83. The van der Waals surface area contributed by atoms with Crippen molar-refractivity contribution in [3.05, 3.63) is 57.3 Å². The van der Waals surface area contributed by atoms with Gasteiger partial charge in [-0.15, -0.1) is 0 Å². The van der Waals surface area contributed by atoms with E-state index in [2.05, 4.69) is 15.9 Å². The van der Waals surface area contributed by atoms with Gasteiger partial charge in [0.1, 0.15) is 5.82 Å². The highest BCUT2D eigenvalue weighted by atomic mass is 79.9. The Morgan fingerprint density at radius 1 is 1.26 bits per heavy atom. The van der Waals surface area contributed by atoms with Crippen LogP contribution in [0.3, 0.4) is 0 Å². The Hall–Kier alpha value is -0.910. The van der Waals surface area contributed by atoms with Gasteiger partial charge < -0.3 is 5.73 Å². The predicted molar refractivity (Wildman–Crippen MR) is 80.1 cm³/mol. The Morgan fingerprint density at radius 2 is 2.00 bits per heavy atom. The topological polar surface area (TPSA) is 43.1 Å². The second kappa shape index (κ2) is 6.03. The van der Waals surface area contributed by atoms with Gasteiger partial charge in [-0.25, -0.2) is 4.39 Å². The van der Waals surface area contributed by atoms with Crippen LogP contribution in [0.4, 0.5) is 10.1 Å². The van der Waals surface area contributed by atoms with Crippen LogP contribution in [0.25, 0.3) is 0 Å². The van der Waals surface area contributed by atoms with Crippen molar-refractivity contribution in [2.75, 3.05) is 5.73 Å². The van der Waals surface area contributed by atoms with E-state index in [-0.39, 0.29) is 5.75 Å². The van der Waals surface area contributed by atoms with Crippen LogP contribution in [-0.2, 0) is 16.6 Å². The van der Waals surface area contributed by atoms with Crippen molar-refractivity contribution in [1.82, 2.24) is 0 Å². The molecular formula is C13H10BrClFNOS. The number of hydrogen-bond donors (Lipinski definition) is 1. The molecule has 0 aliphatic carbocycles. The van der Waals surface area contributed by atoms with Crippen molar-refractivity contribution < 1.29 is 8.60 Å². The predicted octanol–water partition coefficient (Wildman–Crippen LogP) is 4.13. The van der Waals surface area contributed by atoms with Gasteiger partial charge in [-0.05, 0) is 52.3 Å². The fourth-order valence-electron chi connectivity index (χ4n) is 1.57. The number of anilines is 1. The molecule has 1 unspecified atom stereocenters. The summed E-state index contributed by atoms with van der Waals surface area (Å²) in [6.45, 7) is 0. The maximum Gasteiger partial charge on any atom is 0.127 e. The molecular weight excluding hydrogens is 353 g/mol. The van der Waals surface area contributed by atoms with Crippen molar-refractivity contribution in [2.24, 2.45) is 0 Å². The molecule has 0 heterocycles. The minimum Gasteiger partial charge on any atom is -0.399 e. The first kappa shape index (κ1) is 14.5. The van der Waals surface area contributed by atoms with Gasteiger partial charge in [0, 0.05) is 20.7 Å². The third-order valence-corrected chi connectivity index (χ3v) is 5.07. The van der Waals surface area contributed by atoms with Gasteiger partial charge in [0.25, 0.3) is 0 Å². The highest BCUT2D eigenvalue weighted by Crippen LogP contribution is 2.26. The lowest BCUT2D eigenvalue weighted by Crippen LogP contribution is -2.00. The third kappa shape index (κ3) is 3.55. The average Bonchev–Trinajstić information content (AvgIpc) is 2.33. The van der Waals surface area contributed by atoms with Crippen LogP contribution in [0, 0.1) is 5.82 Å². The molecule has 2 rings (SSSR count). The normalized spacial score (nSPS) is 12.4. The van der Waals surface area contributed by atoms with Crippen LogP contribution >= 0.6 is 27.5 Å². The third-order valence-electron chi connectivity index (χ3n) is 2.50. The lowest BCUT2D eigenvalue weighted by molar-refractivity contribution is 0.615. The molecule has 0 spiro atoms. The highest BCUT2D eigenvalue weighted by molar-refractivity contribution is 9.10. The fraction of sp³-hybridized carbons (Fsp3) is 0.0769. The first-order chi connectivity index (χ1) is 8.97. The van der Waals surface area contributed by atoms with Crippen LogP contribution in [0.1, 0.15) is 5.56 Å². The largest absolute Gasteiger partial charge is 0.399 e. The monoisotopic (exact) mass is 361 g/mol. The van der Waals surface area contributed by atoms with Gasteiger partial charge in [-0.2, -0.15) is 0 Å². The zero-order valence-corrected chi connectivity index (χ0v) is 12.9. The molecule has 2 N–H and O–H groups in total. The van der Waals surface area contributed by atoms with Crippen molar-refractivity contribution in [3.63, 3.8) is 0 Å². The highest BCUT2D eigenvalue weighted by Gasteiger charge is 2.12. The second-order valence-electron chi connectivity index (χ2n) is 3.92. The Balaban J connectivity index is 2.28. The summed E-state index contributed by atoms with van der Waals surface area (Å²) in [5, 5.41) is 0.421. The fourth-order valence-corrected chi connectivity index (χ4v) is 3.86. The number of hydrogen-bond acceptors (Lipinski definition) is 2. The minimum atomic E-state index is -1.37. The molecule has 0 saturated heterocycles. The molecule has 0 amide bonds. The molecule has 1 atom stereocenters. The van der Waals surface area contributed by atoms with E-state index >= 15 is 0 Å². The van der Waals surface area contributed by atoms with Crippen LogP contribution in [0.2, 0.25) is 5.02 Å². The summed E-state index contributed by atoms with van der Waals surface area (Å²) in [7, 11) is -1.37. The van der Waals surface area contributed by atoms with E-state index in [4.69, 9.17) is 17.3 Å². The lowest BCUT2D eigenvalue weighted by atomic mass is 10.2.